The van der Waals surface area contributed by atoms with Crippen molar-refractivity contribution < 1.29 is 4.79 Å². The molecule has 1 aromatic heterocycles. The molecule has 1 saturated heterocycles. The average Bonchev–Trinajstić information content (AvgIpc) is 2.93. The van der Waals surface area contributed by atoms with Crippen LogP contribution in [-0.2, 0) is 11.3 Å². The molecular weight excluding hydrogens is 242 g/mol. The summed E-state index contributed by atoms with van der Waals surface area (Å²) in [6, 6.07) is 10.5. The van der Waals surface area contributed by atoms with E-state index in [1.807, 2.05) is 17.0 Å². The summed E-state index contributed by atoms with van der Waals surface area (Å²) < 4.78 is 1.27. The van der Waals surface area contributed by atoms with Crippen molar-refractivity contribution in [1.82, 2.24) is 4.90 Å². The van der Waals surface area contributed by atoms with Crippen LogP contribution in [0.15, 0.2) is 30.3 Å². The first-order valence-electron chi connectivity index (χ1n) is 5.97. The van der Waals surface area contributed by atoms with E-state index in [2.05, 4.69) is 24.1 Å². The van der Waals surface area contributed by atoms with Crippen LogP contribution in [0.1, 0.15) is 11.3 Å². The highest BCUT2D eigenvalue weighted by Gasteiger charge is 2.28. The zero-order valence-corrected chi connectivity index (χ0v) is 10.7. The maximum atomic E-state index is 11.8. The molecular formula is C15H13NOS. The van der Waals surface area contributed by atoms with E-state index in [9.17, 15) is 4.79 Å². The van der Waals surface area contributed by atoms with Gasteiger partial charge in [-0.25, -0.2) is 0 Å². The van der Waals surface area contributed by atoms with Crippen molar-refractivity contribution in [2.75, 3.05) is 6.54 Å². The van der Waals surface area contributed by atoms with E-state index < -0.39 is 0 Å². The van der Waals surface area contributed by atoms with E-state index in [-0.39, 0.29) is 11.8 Å². The van der Waals surface area contributed by atoms with Gasteiger partial charge in [0.2, 0.25) is 5.91 Å². The average molecular weight is 255 g/mol. The first-order valence-corrected chi connectivity index (χ1v) is 6.79. The number of benzene rings is 1. The van der Waals surface area contributed by atoms with E-state index in [0.29, 0.717) is 19.5 Å². The third-order valence-corrected chi connectivity index (χ3v) is 4.37. The number of nitrogens with zero attached hydrogens (tertiary/aromatic N) is 1. The van der Waals surface area contributed by atoms with Gasteiger partial charge in [0.05, 0.1) is 6.54 Å². The Labute approximate surface area is 110 Å². The number of hydrogen-bond acceptors (Lipinski definition) is 2. The van der Waals surface area contributed by atoms with Crippen LogP contribution in [0.2, 0.25) is 0 Å². The van der Waals surface area contributed by atoms with Gasteiger partial charge in [-0.15, -0.1) is 23.7 Å². The highest BCUT2D eigenvalue weighted by atomic mass is 32.1. The minimum absolute atomic E-state index is 0.0897. The van der Waals surface area contributed by atoms with Gasteiger partial charge in [0.15, 0.2) is 0 Å². The van der Waals surface area contributed by atoms with Gasteiger partial charge >= 0.3 is 0 Å². The molecule has 2 aromatic rings. The van der Waals surface area contributed by atoms with Gasteiger partial charge < -0.3 is 4.90 Å². The predicted octanol–water partition coefficient (Wildman–Crippen LogP) is 2.88. The van der Waals surface area contributed by atoms with Crippen molar-refractivity contribution in [3.05, 3.63) is 35.2 Å². The normalized spacial score (nSPS) is 19.4. The van der Waals surface area contributed by atoms with Crippen LogP contribution < -0.4 is 0 Å². The van der Waals surface area contributed by atoms with Crippen LogP contribution in [0.3, 0.4) is 0 Å². The van der Waals surface area contributed by atoms with Crippen LogP contribution >= 0.6 is 11.3 Å². The summed E-state index contributed by atoms with van der Waals surface area (Å²) in [4.78, 5) is 14.9. The first kappa shape index (κ1) is 11.3. The van der Waals surface area contributed by atoms with E-state index in [1.54, 1.807) is 11.3 Å². The van der Waals surface area contributed by atoms with E-state index >= 15 is 0 Å². The van der Waals surface area contributed by atoms with E-state index in [4.69, 9.17) is 6.42 Å². The fourth-order valence-electron chi connectivity index (χ4n) is 2.34. The summed E-state index contributed by atoms with van der Waals surface area (Å²) in [6.45, 7) is 1.39. The molecule has 2 nitrogen and oxygen atoms in total. The van der Waals surface area contributed by atoms with Gasteiger partial charge in [0.25, 0.3) is 0 Å². The fourth-order valence-corrected chi connectivity index (χ4v) is 3.42. The summed E-state index contributed by atoms with van der Waals surface area (Å²) in [5.74, 6) is 2.94. The number of fused-ring (bicyclic) bond motifs is 1. The van der Waals surface area contributed by atoms with Gasteiger partial charge in [-0.1, -0.05) is 18.2 Å². The highest BCUT2D eigenvalue weighted by molar-refractivity contribution is 7.19. The van der Waals surface area contributed by atoms with Gasteiger partial charge in [0, 0.05) is 28.5 Å². The lowest BCUT2D eigenvalue weighted by atomic mass is 10.1. The monoisotopic (exact) mass is 255 g/mol. The molecule has 0 radical (unpaired) electrons. The van der Waals surface area contributed by atoms with Crippen molar-refractivity contribution in [1.29, 1.82) is 0 Å². The molecule has 1 amide bonds. The molecule has 0 saturated carbocycles. The topological polar surface area (TPSA) is 20.3 Å². The molecule has 0 aliphatic carbocycles. The van der Waals surface area contributed by atoms with Gasteiger partial charge in [-0.2, -0.15) is 0 Å². The van der Waals surface area contributed by atoms with Crippen LogP contribution in [0, 0.1) is 18.3 Å². The van der Waals surface area contributed by atoms with Crippen LogP contribution in [0.25, 0.3) is 10.1 Å². The molecule has 90 valence electrons. The standard InChI is InChI=1S/C15H13NOS/c1-2-11-7-15(17)16(9-11)10-13-8-12-5-3-4-6-14(12)18-13/h1,3-6,8,11H,7,9-10H2. The number of amides is 1. The minimum atomic E-state index is 0.0897. The highest BCUT2D eigenvalue weighted by Crippen LogP contribution is 2.28. The molecule has 1 atom stereocenters. The zero-order chi connectivity index (χ0) is 12.5. The lowest BCUT2D eigenvalue weighted by Gasteiger charge is -2.14. The first-order chi connectivity index (χ1) is 8.76. The number of terminal acetylenes is 1. The second-order valence-corrected chi connectivity index (χ2v) is 5.76. The molecule has 3 rings (SSSR count). The number of thiophene rings is 1. The largest absolute Gasteiger partial charge is 0.336 e. The summed E-state index contributed by atoms with van der Waals surface area (Å²) >= 11 is 1.75. The van der Waals surface area contributed by atoms with Crippen molar-refractivity contribution in [3.8, 4) is 12.3 Å². The van der Waals surface area contributed by atoms with E-state index in [0.717, 1.165) is 0 Å². The molecule has 3 heteroatoms. The SMILES string of the molecule is C#CC1CC(=O)N(Cc2cc3ccccc3s2)C1. The Kier molecular flexibility index (Phi) is 2.81. The molecule has 0 N–H and O–H groups in total. The summed E-state index contributed by atoms with van der Waals surface area (Å²) in [6.07, 6.45) is 5.89. The van der Waals surface area contributed by atoms with Crippen molar-refractivity contribution >= 4 is 27.3 Å². The van der Waals surface area contributed by atoms with Gasteiger partial charge in [-0.3, -0.25) is 4.79 Å². The molecule has 1 aliphatic rings. The summed E-state index contributed by atoms with van der Waals surface area (Å²) in [7, 11) is 0. The maximum Gasteiger partial charge on any atom is 0.224 e. The van der Waals surface area contributed by atoms with Crippen molar-refractivity contribution in [2.45, 2.75) is 13.0 Å². The minimum Gasteiger partial charge on any atom is -0.336 e. The number of carbonyl (C=O) groups excluding carboxylic acids is 1. The smallest absolute Gasteiger partial charge is 0.224 e. The molecule has 2 heterocycles. The molecule has 0 spiro atoms. The Morgan fingerprint density at radius 1 is 1.44 bits per heavy atom. The molecule has 18 heavy (non-hydrogen) atoms. The second-order valence-electron chi connectivity index (χ2n) is 4.59. The van der Waals surface area contributed by atoms with Crippen molar-refractivity contribution in [3.63, 3.8) is 0 Å². The molecule has 1 unspecified atom stereocenters. The third-order valence-electron chi connectivity index (χ3n) is 3.27. The van der Waals surface area contributed by atoms with Crippen LogP contribution in [0.4, 0.5) is 0 Å². The van der Waals surface area contributed by atoms with E-state index in [1.165, 1.54) is 15.0 Å². The Hall–Kier alpha value is -1.79. The number of likely N-dealkylation sites (tertiary alicyclic amines) is 1. The molecule has 0 bridgehead atoms. The van der Waals surface area contributed by atoms with Crippen LogP contribution in [-0.4, -0.2) is 17.4 Å². The number of hydrogen-bond donors (Lipinski definition) is 0. The fraction of sp³-hybridized carbons (Fsp3) is 0.267. The van der Waals surface area contributed by atoms with Gasteiger partial charge in [-0.05, 0) is 17.5 Å². The third kappa shape index (κ3) is 2.00. The molecule has 1 aliphatic heterocycles. The van der Waals surface area contributed by atoms with Gasteiger partial charge in [0.1, 0.15) is 0 Å². The molecule has 1 aromatic carbocycles. The summed E-state index contributed by atoms with van der Waals surface area (Å²) in [5.41, 5.74) is 0. The Bertz CT molecular complexity index is 604. The number of rotatable bonds is 2. The lowest BCUT2D eigenvalue weighted by Crippen LogP contribution is -2.23. The second kappa shape index (κ2) is 4.47. The Balaban J connectivity index is 1.81. The zero-order valence-electron chi connectivity index (χ0n) is 9.93. The lowest BCUT2D eigenvalue weighted by molar-refractivity contribution is -0.128. The number of carbonyl (C=O) groups is 1. The molecule has 1 fully saturated rings. The predicted molar refractivity (Wildman–Crippen MR) is 74.2 cm³/mol. The van der Waals surface area contributed by atoms with Crippen molar-refractivity contribution in [2.24, 2.45) is 5.92 Å². The Morgan fingerprint density at radius 2 is 2.28 bits per heavy atom. The maximum absolute atomic E-state index is 11.8. The summed E-state index contributed by atoms with van der Waals surface area (Å²) in [5, 5.41) is 1.25. The van der Waals surface area contributed by atoms with Crippen LogP contribution in [0.5, 0.6) is 0 Å². The Morgan fingerprint density at radius 3 is 3.00 bits per heavy atom. The quantitative estimate of drug-likeness (QED) is 0.756.